The van der Waals surface area contributed by atoms with E-state index in [2.05, 4.69) is 20.3 Å². The number of carbonyl (C=O) groups is 1. The Morgan fingerprint density at radius 2 is 2.22 bits per heavy atom. The molecule has 0 aliphatic rings. The van der Waals surface area contributed by atoms with Crippen molar-refractivity contribution in [3.8, 4) is 0 Å². The average Bonchev–Trinajstić information content (AvgIpc) is 3.01. The second kappa shape index (κ2) is 6.32. The molecule has 0 bridgehead atoms. The summed E-state index contributed by atoms with van der Waals surface area (Å²) in [4.78, 5) is 13.3. The van der Waals surface area contributed by atoms with Crippen LogP contribution in [0, 0.1) is 0 Å². The summed E-state index contributed by atoms with van der Waals surface area (Å²) in [7, 11) is 1.41. The maximum absolute atomic E-state index is 11.1. The highest BCUT2D eigenvalue weighted by Gasteiger charge is 2.06. The predicted octanol–water partition coefficient (Wildman–Crippen LogP) is 1.48. The van der Waals surface area contributed by atoms with Gasteiger partial charge in [0.1, 0.15) is 0 Å². The summed E-state index contributed by atoms with van der Waals surface area (Å²) in [6.45, 7) is 1.54. The van der Waals surface area contributed by atoms with E-state index < -0.39 is 0 Å². The number of methoxy groups -OCH3 is 1. The lowest BCUT2D eigenvalue weighted by molar-refractivity contribution is -0.139. The summed E-state index contributed by atoms with van der Waals surface area (Å²) in [5.74, 6) is -0.200. The van der Waals surface area contributed by atoms with Gasteiger partial charge >= 0.3 is 5.97 Å². The Balaban J connectivity index is 1.78. The molecule has 2 heterocycles. The van der Waals surface area contributed by atoms with Crippen LogP contribution in [0.25, 0.3) is 0 Å². The minimum Gasteiger partial charge on any atom is -0.469 e. The van der Waals surface area contributed by atoms with E-state index in [0.717, 1.165) is 23.7 Å². The van der Waals surface area contributed by atoms with Crippen LogP contribution in [0.1, 0.15) is 15.4 Å². The molecule has 0 saturated carbocycles. The molecule has 6 heteroatoms. The predicted molar refractivity (Wildman–Crippen MR) is 69.2 cm³/mol. The lowest BCUT2D eigenvalue weighted by Gasteiger charge is -2.00. The van der Waals surface area contributed by atoms with Crippen molar-refractivity contribution in [1.29, 1.82) is 0 Å². The lowest BCUT2D eigenvalue weighted by Crippen LogP contribution is -2.11. The van der Waals surface area contributed by atoms with Crippen LogP contribution in [0.5, 0.6) is 0 Å². The highest BCUT2D eigenvalue weighted by atomic mass is 32.1. The Kier molecular flexibility index (Phi) is 4.49. The molecule has 2 aromatic heterocycles. The van der Waals surface area contributed by atoms with E-state index in [1.165, 1.54) is 12.0 Å². The number of rotatable bonds is 6. The van der Waals surface area contributed by atoms with E-state index in [4.69, 9.17) is 0 Å². The van der Waals surface area contributed by atoms with Gasteiger partial charge in [0, 0.05) is 34.7 Å². The molecule has 2 N–H and O–H groups in total. The van der Waals surface area contributed by atoms with Crippen LogP contribution in [0.3, 0.4) is 0 Å². The topological polar surface area (TPSA) is 67.0 Å². The second-order valence-corrected chi connectivity index (χ2v) is 5.06. The van der Waals surface area contributed by atoms with E-state index in [0.29, 0.717) is 6.42 Å². The SMILES string of the molecule is COC(=O)Cc1ccc(CNCc2ccn[nH]2)s1. The number of aromatic amines is 1. The Bertz CT molecular complexity index is 493. The second-order valence-electron chi connectivity index (χ2n) is 3.81. The van der Waals surface area contributed by atoms with Crippen LogP contribution < -0.4 is 5.32 Å². The van der Waals surface area contributed by atoms with Gasteiger partial charge in [-0.3, -0.25) is 9.89 Å². The van der Waals surface area contributed by atoms with Crippen molar-refractivity contribution >= 4 is 17.3 Å². The zero-order valence-electron chi connectivity index (χ0n) is 10.1. The zero-order valence-corrected chi connectivity index (χ0v) is 10.9. The zero-order chi connectivity index (χ0) is 12.8. The smallest absolute Gasteiger partial charge is 0.310 e. The molecule has 0 aliphatic carbocycles. The molecule has 0 fully saturated rings. The Morgan fingerprint density at radius 1 is 1.39 bits per heavy atom. The van der Waals surface area contributed by atoms with Crippen molar-refractivity contribution in [2.24, 2.45) is 0 Å². The van der Waals surface area contributed by atoms with Gasteiger partial charge < -0.3 is 10.1 Å². The molecule has 18 heavy (non-hydrogen) atoms. The van der Waals surface area contributed by atoms with Crippen LogP contribution >= 0.6 is 11.3 Å². The van der Waals surface area contributed by atoms with E-state index in [9.17, 15) is 4.79 Å². The molecule has 0 aromatic carbocycles. The summed E-state index contributed by atoms with van der Waals surface area (Å²) in [5, 5.41) is 10.1. The fraction of sp³-hybridized carbons (Fsp3) is 0.333. The molecule has 0 spiro atoms. The third-order valence-electron chi connectivity index (χ3n) is 2.44. The van der Waals surface area contributed by atoms with Crippen molar-refractivity contribution in [3.63, 3.8) is 0 Å². The van der Waals surface area contributed by atoms with Gasteiger partial charge in [0.05, 0.1) is 13.5 Å². The summed E-state index contributed by atoms with van der Waals surface area (Å²) >= 11 is 1.62. The van der Waals surface area contributed by atoms with Gasteiger partial charge in [-0.1, -0.05) is 0 Å². The fourth-order valence-corrected chi connectivity index (χ4v) is 2.50. The molecule has 0 saturated heterocycles. The van der Waals surface area contributed by atoms with E-state index >= 15 is 0 Å². The third kappa shape index (κ3) is 3.68. The van der Waals surface area contributed by atoms with Crippen LogP contribution in [-0.2, 0) is 29.0 Å². The lowest BCUT2D eigenvalue weighted by atomic mass is 10.3. The average molecular weight is 265 g/mol. The Labute approximate surface area is 109 Å². The number of aromatic nitrogens is 2. The molecule has 2 aromatic rings. The number of hydrogen-bond donors (Lipinski definition) is 2. The summed E-state index contributed by atoms with van der Waals surface area (Å²) in [6.07, 6.45) is 2.08. The summed E-state index contributed by atoms with van der Waals surface area (Å²) in [5.41, 5.74) is 1.06. The van der Waals surface area contributed by atoms with Crippen molar-refractivity contribution in [2.45, 2.75) is 19.5 Å². The van der Waals surface area contributed by atoms with E-state index in [1.54, 1.807) is 17.5 Å². The van der Waals surface area contributed by atoms with Crippen LogP contribution in [0.2, 0.25) is 0 Å². The number of esters is 1. The van der Waals surface area contributed by atoms with E-state index in [1.807, 2.05) is 18.2 Å². The summed E-state index contributed by atoms with van der Waals surface area (Å²) < 4.78 is 4.63. The Hall–Kier alpha value is -1.66. The minimum atomic E-state index is -0.200. The molecule has 5 nitrogen and oxygen atoms in total. The number of ether oxygens (including phenoxy) is 1. The maximum atomic E-state index is 11.1. The first-order chi connectivity index (χ1) is 8.78. The molecule has 0 atom stereocenters. The van der Waals surface area contributed by atoms with Crippen LogP contribution in [0.4, 0.5) is 0 Å². The van der Waals surface area contributed by atoms with Gasteiger partial charge in [-0.2, -0.15) is 5.10 Å². The first-order valence-electron chi connectivity index (χ1n) is 5.61. The number of nitrogens with one attached hydrogen (secondary N) is 2. The number of hydrogen-bond acceptors (Lipinski definition) is 5. The molecule has 0 radical (unpaired) electrons. The first kappa shape index (κ1) is 12.8. The van der Waals surface area contributed by atoms with Crippen molar-refractivity contribution < 1.29 is 9.53 Å². The minimum absolute atomic E-state index is 0.200. The van der Waals surface area contributed by atoms with Crippen LogP contribution in [0.15, 0.2) is 24.4 Å². The first-order valence-corrected chi connectivity index (χ1v) is 6.43. The number of carbonyl (C=O) groups excluding carboxylic acids is 1. The van der Waals surface area contributed by atoms with Crippen molar-refractivity contribution in [1.82, 2.24) is 15.5 Å². The van der Waals surface area contributed by atoms with Gasteiger partial charge in [-0.25, -0.2) is 0 Å². The highest BCUT2D eigenvalue weighted by molar-refractivity contribution is 7.12. The highest BCUT2D eigenvalue weighted by Crippen LogP contribution is 2.17. The van der Waals surface area contributed by atoms with Gasteiger partial charge in [0.2, 0.25) is 0 Å². The quantitative estimate of drug-likeness (QED) is 0.776. The number of H-pyrrole nitrogens is 1. The van der Waals surface area contributed by atoms with Crippen molar-refractivity contribution in [3.05, 3.63) is 39.8 Å². The molecule has 0 aliphatic heterocycles. The van der Waals surface area contributed by atoms with E-state index in [-0.39, 0.29) is 5.97 Å². The van der Waals surface area contributed by atoms with Gasteiger partial charge in [0.25, 0.3) is 0 Å². The van der Waals surface area contributed by atoms with Gasteiger partial charge in [-0.05, 0) is 18.2 Å². The molecule has 0 amide bonds. The van der Waals surface area contributed by atoms with Crippen LogP contribution in [-0.4, -0.2) is 23.3 Å². The number of thiophene rings is 1. The van der Waals surface area contributed by atoms with Gasteiger partial charge in [-0.15, -0.1) is 11.3 Å². The molecular weight excluding hydrogens is 250 g/mol. The third-order valence-corrected chi connectivity index (χ3v) is 3.52. The van der Waals surface area contributed by atoms with Crippen molar-refractivity contribution in [2.75, 3.05) is 7.11 Å². The molecular formula is C12H15N3O2S. The number of nitrogens with zero attached hydrogens (tertiary/aromatic N) is 1. The molecule has 0 unspecified atom stereocenters. The normalized spacial score (nSPS) is 10.5. The Morgan fingerprint density at radius 3 is 2.94 bits per heavy atom. The largest absolute Gasteiger partial charge is 0.469 e. The molecule has 2 rings (SSSR count). The maximum Gasteiger partial charge on any atom is 0.310 e. The molecule has 96 valence electrons. The standard InChI is InChI=1S/C12H15N3O2S/c1-17-12(16)6-10-2-3-11(18-10)8-13-7-9-4-5-14-15-9/h2-5,13H,6-8H2,1H3,(H,14,15). The summed E-state index contributed by atoms with van der Waals surface area (Å²) in [6, 6.07) is 5.93. The monoisotopic (exact) mass is 265 g/mol. The fourth-order valence-electron chi connectivity index (χ4n) is 1.53. The van der Waals surface area contributed by atoms with Gasteiger partial charge in [0.15, 0.2) is 0 Å².